The molecule has 3 rings (SSSR count). The first-order valence-corrected chi connectivity index (χ1v) is 12.4. The van der Waals surface area contributed by atoms with Crippen molar-refractivity contribution in [3.63, 3.8) is 0 Å². The summed E-state index contributed by atoms with van der Waals surface area (Å²) in [5.41, 5.74) is 0.998. The van der Waals surface area contributed by atoms with Crippen molar-refractivity contribution in [3.05, 3.63) is 29.8 Å². The lowest BCUT2D eigenvalue weighted by atomic mass is 10.0. The number of piperidine rings is 1. The Morgan fingerprint density at radius 3 is 1.93 bits per heavy atom. The van der Waals surface area contributed by atoms with Gasteiger partial charge in [-0.15, -0.1) is 0 Å². The van der Waals surface area contributed by atoms with Gasteiger partial charge < -0.3 is 0 Å². The van der Waals surface area contributed by atoms with Gasteiger partial charge in [0, 0.05) is 39.3 Å². The minimum atomic E-state index is -3.60. The lowest BCUT2D eigenvalue weighted by Crippen LogP contribution is -2.48. The molecule has 0 amide bonds. The van der Waals surface area contributed by atoms with Crippen molar-refractivity contribution in [2.45, 2.75) is 38.0 Å². The van der Waals surface area contributed by atoms with Gasteiger partial charge in [-0.05, 0) is 44.2 Å². The van der Waals surface area contributed by atoms with Gasteiger partial charge in [-0.3, -0.25) is 0 Å². The average Bonchev–Trinajstić information content (AvgIpc) is 2.90. The number of sulfonamides is 1. The molecule has 0 aromatic heterocycles. The van der Waals surface area contributed by atoms with E-state index in [4.69, 9.17) is 0 Å². The van der Waals surface area contributed by atoms with Crippen LogP contribution < -0.4 is 0 Å². The maximum atomic E-state index is 12.9. The number of nitrogens with zero attached hydrogens (tertiary/aromatic N) is 3. The van der Waals surface area contributed by atoms with E-state index in [9.17, 15) is 16.8 Å². The van der Waals surface area contributed by atoms with Crippen molar-refractivity contribution < 1.29 is 16.8 Å². The van der Waals surface area contributed by atoms with Gasteiger partial charge in [-0.25, -0.2) is 8.42 Å². The molecular formula is C18H29N3O4S2. The van der Waals surface area contributed by atoms with Gasteiger partial charge in [0.1, 0.15) is 0 Å². The Kier molecular flexibility index (Phi) is 6.27. The summed E-state index contributed by atoms with van der Waals surface area (Å²) in [6.45, 7) is 6.21. The molecule has 0 N–H and O–H groups in total. The Balaban J connectivity index is 1.71. The van der Waals surface area contributed by atoms with Crippen LogP contribution in [0.15, 0.2) is 29.2 Å². The van der Waals surface area contributed by atoms with Crippen LogP contribution in [0, 0.1) is 12.8 Å². The second-order valence-electron chi connectivity index (χ2n) is 7.56. The van der Waals surface area contributed by atoms with E-state index in [0.717, 1.165) is 18.4 Å². The quantitative estimate of drug-likeness (QED) is 0.749. The van der Waals surface area contributed by atoms with Gasteiger partial charge in [-0.2, -0.15) is 21.3 Å². The van der Waals surface area contributed by atoms with E-state index in [1.807, 2.05) is 6.92 Å². The normalized spacial score (nSPS) is 22.6. The summed E-state index contributed by atoms with van der Waals surface area (Å²) in [7, 11) is -7.13. The second-order valence-corrected chi connectivity index (χ2v) is 11.4. The molecule has 0 radical (unpaired) electrons. The SMILES string of the molecule is Cc1ccc(S(=O)(=O)N2CCCN(S(=O)(=O)N3CCC(C)CC3)CC2)cc1. The summed E-state index contributed by atoms with van der Waals surface area (Å²) in [4.78, 5) is 0.259. The highest BCUT2D eigenvalue weighted by atomic mass is 32.2. The molecule has 7 nitrogen and oxygen atoms in total. The largest absolute Gasteiger partial charge is 0.282 e. The molecule has 9 heteroatoms. The summed E-state index contributed by atoms with van der Waals surface area (Å²) in [5.74, 6) is 0.552. The third-order valence-corrected chi connectivity index (χ3v) is 9.42. The molecule has 0 unspecified atom stereocenters. The van der Waals surface area contributed by atoms with Crippen molar-refractivity contribution in [1.29, 1.82) is 0 Å². The Labute approximate surface area is 163 Å². The maximum absolute atomic E-state index is 12.9. The number of benzene rings is 1. The fourth-order valence-corrected chi connectivity index (χ4v) is 6.72. The topological polar surface area (TPSA) is 78.0 Å². The van der Waals surface area contributed by atoms with Crippen LogP contribution in [-0.4, -0.2) is 69.0 Å². The predicted octanol–water partition coefficient (Wildman–Crippen LogP) is 1.67. The summed E-state index contributed by atoms with van der Waals surface area (Å²) < 4.78 is 56.1. The van der Waals surface area contributed by atoms with E-state index in [-0.39, 0.29) is 18.0 Å². The standard InChI is InChI=1S/C18H29N3O4S2/c1-16-4-6-18(7-5-16)26(22,23)19-10-3-11-20(15-14-19)27(24,25)21-12-8-17(2)9-13-21/h4-7,17H,3,8-15H2,1-2H3. The zero-order valence-corrected chi connectivity index (χ0v) is 17.7. The number of aryl methyl sites for hydroxylation is 1. The average molecular weight is 416 g/mol. The molecule has 0 spiro atoms. The number of hydrogen-bond donors (Lipinski definition) is 0. The lowest BCUT2D eigenvalue weighted by Gasteiger charge is -2.33. The minimum Gasteiger partial charge on any atom is -0.207 e. The van der Waals surface area contributed by atoms with E-state index in [2.05, 4.69) is 6.92 Å². The fraction of sp³-hybridized carbons (Fsp3) is 0.667. The third-order valence-electron chi connectivity index (χ3n) is 5.47. The number of hydrogen-bond acceptors (Lipinski definition) is 4. The van der Waals surface area contributed by atoms with Gasteiger partial charge in [-0.1, -0.05) is 24.6 Å². The molecule has 0 saturated carbocycles. The molecule has 27 heavy (non-hydrogen) atoms. The van der Waals surface area contributed by atoms with Crippen LogP contribution in [0.1, 0.15) is 31.7 Å². The third kappa shape index (κ3) is 4.54. The highest BCUT2D eigenvalue weighted by Crippen LogP contribution is 2.23. The van der Waals surface area contributed by atoms with Gasteiger partial charge in [0.05, 0.1) is 4.90 Å². The molecule has 2 aliphatic rings. The van der Waals surface area contributed by atoms with E-state index in [1.165, 1.54) is 8.61 Å². The summed E-state index contributed by atoms with van der Waals surface area (Å²) in [6, 6.07) is 6.77. The van der Waals surface area contributed by atoms with E-state index in [0.29, 0.717) is 38.5 Å². The first kappa shape index (κ1) is 20.7. The van der Waals surface area contributed by atoms with Crippen molar-refractivity contribution >= 4 is 20.2 Å². The maximum Gasteiger partial charge on any atom is 0.282 e. The van der Waals surface area contributed by atoms with Crippen LogP contribution in [0.2, 0.25) is 0 Å². The Hall–Kier alpha value is -1.00. The minimum absolute atomic E-state index is 0.180. The van der Waals surface area contributed by atoms with E-state index >= 15 is 0 Å². The first-order chi connectivity index (χ1) is 12.7. The van der Waals surface area contributed by atoms with Crippen LogP contribution in [0.3, 0.4) is 0 Å². The molecule has 2 aliphatic heterocycles. The molecule has 1 aromatic carbocycles. The molecule has 0 bridgehead atoms. The molecule has 0 aliphatic carbocycles. The Morgan fingerprint density at radius 1 is 0.778 bits per heavy atom. The fourth-order valence-electron chi connectivity index (χ4n) is 3.58. The van der Waals surface area contributed by atoms with E-state index in [1.54, 1.807) is 28.6 Å². The zero-order valence-electron chi connectivity index (χ0n) is 16.0. The zero-order chi connectivity index (χ0) is 19.7. The van der Waals surface area contributed by atoms with Gasteiger partial charge in [0.15, 0.2) is 0 Å². The Morgan fingerprint density at radius 2 is 1.30 bits per heavy atom. The predicted molar refractivity (Wildman–Crippen MR) is 105 cm³/mol. The van der Waals surface area contributed by atoms with Crippen molar-refractivity contribution in [3.8, 4) is 0 Å². The molecule has 2 saturated heterocycles. The first-order valence-electron chi connectivity index (χ1n) is 9.53. The molecule has 0 atom stereocenters. The van der Waals surface area contributed by atoms with Crippen molar-refractivity contribution in [2.75, 3.05) is 39.3 Å². The lowest BCUT2D eigenvalue weighted by molar-refractivity contribution is 0.265. The van der Waals surface area contributed by atoms with Gasteiger partial charge in [0.25, 0.3) is 10.2 Å². The summed E-state index contributed by atoms with van der Waals surface area (Å²) >= 11 is 0. The molecule has 152 valence electrons. The highest BCUT2D eigenvalue weighted by Gasteiger charge is 2.35. The van der Waals surface area contributed by atoms with Gasteiger partial charge in [0.2, 0.25) is 10.0 Å². The highest BCUT2D eigenvalue weighted by molar-refractivity contribution is 7.89. The molecule has 2 heterocycles. The molecule has 1 aromatic rings. The summed E-state index contributed by atoms with van der Waals surface area (Å²) in [6.07, 6.45) is 2.25. The van der Waals surface area contributed by atoms with Crippen molar-refractivity contribution in [2.24, 2.45) is 5.92 Å². The van der Waals surface area contributed by atoms with E-state index < -0.39 is 20.2 Å². The van der Waals surface area contributed by atoms with Crippen LogP contribution in [0.5, 0.6) is 0 Å². The Bertz CT molecular complexity index is 845. The summed E-state index contributed by atoms with van der Waals surface area (Å²) in [5, 5.41) is 0. The van der Waals surface area contributed by atoms with Crippen molar-refractivity contribution in [1.82, 2.24) is 12.9 Å². The van der Waals surface area contributed by atoms with Crippen LogP contribution in [0.4, 0.5) is 0 Å². The monoisotopic (exact) mass is 415 g/mol. The smallest absolute Gasteiger partial charge is 0.207 e. The second kappa shape index (κ2) is 8.16. The van der Waals surface area contributed by atoms with Crippen LogP contribution >= 0.6 is 0 Å². The van der Waals surface area contributed by atoms with Crippen LogP contribution in [0.25, 0.3) is 0 Å². The molecular weight excluding hydrogens is 386 g/mol. The van der Waals surface area contributed by atoms with Gasteiger partial charge >= 0.3 is 0 Å². The number of rotatable bonds is 4. The molecule has 2 fully saturated rings. The van der Waals surface area contributed by atoms with Crippen LogP contribution in [-0.2, 0) is 20.2 Å².